The standard InChI is InChI=1S/C10H18N4O2S/c1-4-11-10-12-6-5-9(14-10)13-8(2)7-17(3,15)16/h5-6,8H,4,7H2,1-3H3,(H2,11,12,13,14). The van der Waals surface area contributed by atoms with Gasteiger partial charge in [0.15, 0.2) is 0 Å². The lowest BCUT2D eigenvalue weighted by atomic mass is 10.4. The molecule has 2 N–H and O–H groups in total. The molecular formula is C10H18N4O2S. The van der Waals surface area contributed by atoms with Crippen LogP contribution < -0.4 is 10.6 Å². The molecule has 0 saturated carbocycles. The Bertz CT molecular complexity index is 461. The van der Waals surface area contributed by atoms with E-state index < -0.39 is 9.84 Å². The van der Waals surface area contributed by atoms with Gasteiger partial charge in [0.25, 0.3) is 0 Å². The average Bonchev–Trinajstić information content (AvgIpc) is 2.15. The van der Waals surface area contributed by atoms with E-state index in [2.05, 4.69) is 20.6 Å². The molecule has 1 atom stereocenters. The molecule has 1 unspecified atom stereocenters. The number of sulfone groups is 1. The summed E-state index contributed by atoms with van der Waals surface area (Å²) in [6.07, 6.45) is 2.84. The molecule has 0 aliphatic rings. The summed E-state index contributed by atoms with van der Waals surface area (Å²) in [6.45, 7) is 4.49. The molecule has 1 aromatic rings. The minimum atomic E-state index is -2.99. The van der Waals surface area contributed by atoms with Crippen molar-refractivity contribution in [2.24, 2.45) is 0 Å². The summed E-state index contributed by atoms with van der Waals surface area (Å²) in [5.74, 6) is 1.23. The molecule has 0 radical (unpaired) electrons. The number of hydrogen-bond donors (Lipinski definition) is 2. The maximum Gasteiger partial charge on any atom is 0.224 e. The fourth-order valence-corrected chi connectivity index (χ4v) is 2.42. The first-order valence-corrected chi connectivity index (χ1v) is 7.48. The molecule has 0 saturated heterocycles. The number of aromatic nitrogens is 2. The molecular weight excluding hydrogens is 240 g/mol. The number of nitrogens with one attached hydrogen (secondary N) is 2. The second-order valence-electron chi connectivity index (χ2n) is 3.93. The highest BCUT2D eigenvalue weighted by atomic mass is 32.2. The third-order valence-electron chi connectivity index (χ3n) is 1.94. The quantitative estimate of drug-likeness (QED) is 0.783. The second-order valence-corrected chi connectivity index (χ2v) is 6.12. The third-order valence-corrected chi connectivity index (χ3v) is 3.04. The first kappa shape index (κ1) is 13.7. The summed E-state index contributed by atoms with van der Waals surface area (Å²) >= 11 is 0. The molecule has 0 aromatic carbocycles. The summed E-state index contributed by atoms with van der Waals surface area (Å²) in [5, 5.41) is 6.02. The van der Waals surface area contributed by atoms with E-state index in [1.165, 1.54) is 6.26 Å². The molecule has 96 valence electrons. The molecule has 0 aliphatic heterocycles. The van der Waals surface area contributed by atoms with E-state index in [1.54, 1.807) is 19.2 Å². The predicted molar refractivity (Wildman–Crippen MR) is 69.0 cm³/mol. The van der Waals surface area contributed by atoms with E-state index in [1.807, 2.05) is 6.92 Å². The molecule has 0 amide bonds. The largest absolute Gasteiger partial charge is 0.366 e. The van der Waals surface area contributed by atoms with Gasteiger partial charge in [0.1, 0.15) is 15.7 Å². The summed E-state index contributed by atoms with van der Waals surface area (Å²) in [6, 6.07) is 1.52. The lowest BCUT2D eigenvalue weighted by Gasteiger charge is -2.13. The number of hydrogen-bond acceptors (Lipinski definition) is 6. The SMILES string of the molecule is CCNc1nccc(NC(C)CS(C)(=O)=O)n1. The topological polar surface area (TPSA) is 84.0 Å². The van der Waals surface area contributed by atoms with Gasteiger partial charge < -0.3 is 10.6 Å². The van der Waals surface area contributed by atoms with Crippen molar-refractivity contribution < 1.29 is 8.42 Å². The van der Waals surface area contributed by atoms with E-state index in [4.69, 9.17) is 0 Å². The minimum absolute atomic E-state index is 0.0769. The summed E-state index contributed by atoms with van der Waals surface area (Å²) in [4.78, 5) is 8.23. The fourth-order valence-electron chi connectivity index (χ4n) is 1.43. The Balaban J connectivity index is 2.65. The first-order valence-electron chi connectivity index (χ1n) is 5.42. The Morgan fingerprint density at radius 1 is 1.47 bits per heavy atom. The highest BCUT2D eigenvalue weighted by Crippen LogP contribution is 2.07. The van der Waals surface area contributed by atoms with Crippen molar-refractivity contribution in [3.63, 3.8) is 0 Å². The smallest absolute Gasteiger partial charge is 0.224 e. The molecule has 1 heterocycles. The van der Waals surface area contributed by atoms with Gasteiger partial charge in [0, 0.05) is 25.0 Å². The van der Waals surface area contributed by atoms with Gasteiger partial charge in [-0.2, -0.15) is 4.98 Å². The highest BCUT2D eigenvalue weighted by Gasteiger charge is 2.10. The summed E-state index contributed by atoms with van der Waals surface area (Å²) in [7, 11) is -2.99. The van der Waals surface area contributed by atoms with Crippen molar-refractivity contribution in [1.82, 2.24) is 9.97 Å². The van der Waals surface area contributed by atoms with Gasteiger partial charge in [-0.15, -0.1) is 0 Å². The number of rotatable bonds is 6. The van der Waals surface area contributed by atoms with E-state index in [9.17, 15) is 8.42 Å². The van der Waals surface area contributed by atoms with E-state index in [0.29, 0.717) is 11.8 Å². The van der Waals surface area contributed by atoms with Gasteiger partial charge >= 0.3 is 0 Å². The molecule has 0 fully saturated rings. The van der Waals surface area contributed by atoms with Crippen LogP contribution in [-0.2, 0) is 9.84 Å². The van der Waals surface area contributed by atoms with Crippen LogP contribution in [0, 0.1) is 0 Å². The Kier molecular flexibility index (Phi) is 4.68. The van der Waals surface area contributed by atoms with Crippen molar-refractivity contribution in [3.8, 4) is 0 Å². The molecule has 17 heavy (non-hydrogen) atoms. The zero-order valence-electron chi connectivity index (χ0n) is 10.3. The maximum absolute atomic E-state index is 11.1. The second kappa shape index (κ2) is 5.81. The fraction of sp³-hybridized carbons (Fsp3) is 0.600. The Morgan fingerprint density at radius 3 is 2.76 bits per heavy atom. The van der Waals surface area contributed by atoms with Gasteiger partial charge in [-0.05, 0) is 19.9 Å². The Morgan fingerprint density at radius 2 is 2.18 bits per heavy atom. The van der Waals surface area contributed by atoms with Crippen LogP contribution in [0.3, 0.4) is 0 Å². The average molecular weight is 258 g/mol. The predicted octanol–water partition coefficient (Wildman–Crippen LogP) is 0.753. The lowest BCUT2D eigenvalue weighted by Crippen LogP contribution is -2.25. The van der Waals surface area contributed by atoms with Gasteiger partial charge in [-0.25, -0.2) is 13.4 Å². The minimum Gasteiger partial charge on any atom is -0.366 e. The zero-order valence-corrected chi connectivity index (χ0v) is 11.1. The highest BCUT2D eigenvalue weighted by molar-refractivity contribution is 7.90. The zero-order chi connectivity index (χ0) is 12.9. The van der Waals surface area contributed by atoms with Crippen molar-refractivity contribution >= 4 is 21.6 Å². The van der Waals surface area contributed by atoms with Crippen molar-refractivity contribution in [3.05, 3.63) is 12.3 Å². The van der Waals surface area contributed by atoms with Gasteiger partial charge in [0.2, 0.25) is 5.95 Å². The van der Waals surface area contributed by atoms with Crippen LogP contribution in [0.1, 0.15) is 13.8 Å². The third kappa shape index (κ3) is 5.48. The van der Waals surface area contributed by atoms with Gasteiger partial charge in [0.05, 0.1) is 5.75 Å². The van der Waals surface area contributed by atoms with E-state index >= 15 is 0 Å². The number of nitrogens with zero attached hydrogens (tertiary/aromatic N) is 2. The van der Waals surface area contributed by atoms with E-state index in [-0.39, 0.29) is 11.8 Å². The Labute approximate surface area is 102 Å². The van der Waals surface area contributed by atoms with Crippen LogP contribution in [0.25, 0.3) is 0 Å². The molecule has 7 heteroatoms. The lowest BCUT2D eigenvalue weighted by molar-refractivity contribution is 0.598. The van der Waals surface area contributed by atoms with Crippen LogP contribution in [0.15, 0.2) is 12.3 Å². The molecule has 6 nitrogen and oxygen atoms in total. The Hall–Kier alpha value is -1.37. The van der Waals surface area contributed by atoms with E-state index in [0.717, 1.165) is 6.54 Å². The molecule has 1 aromatic heterocycles. The maximum atomic E-state index is 11.1. The normalized spacial score (nSPS) is 13.1. The van der Waals surface area contributed by atoms with Crippen LogP contribution in [-0.4, -0.2) is 43.0 Å². The van der Waals surface area contributed by atoms with Crippen LogP contribution >= 0.6 is 0 Å². The van der Waals surface area contributed by atoms with Crippen molar-refractivity contribution in [1.29, 1.82) is 0 Å². The molecule has 0 spiro atoms. The van der Waals surface area contributed by atoms with Crippen molar-refractivity contribution in [2.45, 2.75) is 19.9 Å². The van der Waals surface area contributed by atoms with Gasteiger partial charge in [-0.3, -0.25) is 0 Å². The van der Waals surface area contributed by atoms with Crippen LogP contribution in [0.5, 0.6) is 0 Å². The molecule has 0 bridgehead atoms. The van der Waals surface area contributed by atoms with Crippen molar-refractivity contribution in [2.75, 3.05) is 29.2 Å². The monoisotopic (exact) mass is 258 g/mol. The van der Waals surface area contributed by atoms with Gasteiger partial charge in [-0.1, -0.05) is 0 Å². The van der Waals surface area contributed by atoms with Crippen LogP contribution in [0.2, 0.25) is 0 Å². The molecule has 1 rings (SSSR count). The van der Waals surface area contributed by atoms with Crippen LogP contribution in [0.4, 0.5) is 11.8 Å². The number of anilines is 2. The summed E-state index contributed by atoms with van der Waals surface area (Å²) in [5.41, 5.74) is 0. The molecule has 0 aliphatic carbocycles. The summed E-state index contributed by atoms with van der Waals surface area (Å²) < 4.78 is 22.2. The first-order chi connectivity index (χ1) is 7.90.